The highest BCUT2D eigenvalue weighted by Gasteiger charge is 2.49. The summed E-state index contributed by atoms with van der Waals surface area (Å²) < 4.78 is 0. The van der Waals surface area contributed by atoms with Crippen LogP contribution < -0.4 is 0 Å². The van der Waals surface area contributed by atoms with Gasteiger partial charge in [-0.3, -0.25) is 9.74 Å². The van der Waals surface area contributed by atoms with Gasteiger partial charge in [-0.05, 0) is 11.1 Å². The van der Waals surface area contributed by atoms with E-state index in [2.05, 4.69) is 59.5 Å². The van der Waals surface area contributed by atoms with Gasteiger partial charge >= 0.3 is 0 Å². The molecular formula is C19H19N3O. The van der Waals surface area contributed by atoms with Gasteiger partial charge in [0, 0.05) is 13.1 Å². The van der Waals surface area contributed by atoms with Gasteiger partial charge in [0.2, 0.25) is 0 Å². The van der Waals surface area contributed by atoms with Crippen LogP contribution >= 0.6 is 0 Å². The fourth-order valence-electron chi connectivity index (χ4n) is 3.61. The third kappa shape index (κ3) is 2.64. The van der Waals surface area contributed by atoms with Crippen LogP contribution in [0.4, 0.5) is 0 Å². The molecule has 0 bridgehead atoms. The highest BCUT2D eigenvalue weighted by atomic mass is 16.7. The van der Waals surface area contributed by atoms with Crippen molar-refractivity contribution in [1.82, 2.24) is 9.96 Å². The Hall–Kier alpha value is -2.19. The van der Waals surface area contributed by atoms with Crippen LogP contribution in [0.25, 0.3) is 0 Å². The minimum atomic E-state index is -0.104. The van der Waals surface area contributed by atoms with Crippen molar-refractivity contribution >= 4 is 0 Å². The maximum atomic E-state index is 9.47. The average Bonchev–Trinajstić information content (AvgIpc) is 3.18. The molecule has 2 aromatic rings. The van der Waals surface area contributed by atoms with Crippen LogP contribution in [0.2, 0.25) is 0 Å². The number of rotatable bonds is 3. The molecule has 0 radical (unpaired) electrons. The van der Waals surface area contributed by atoms with Crippen LogP contribution in [0.15, 0.2) is 60.7 Å². The zero-order valence-electron chi connectivity index (χ0n) is 12.9. The molecule has 2 aliphatic rings. The van der Waals surface area contributed by atoms with Crippen molar-refractivity contribution in [3.63, 3.8) is 0 Å². The molecule has 2 aromatic carbocycles. The summed E-state index contributed by atoms with van der Waals surface area (Å²) in [7, 11) is 0. The Labute approximate surface area is 136 Å². The summed E-state index contributed by atoms with van der Waals surface area (Å²) in [5.41, 5.74) is 2.51. The Bertz CT molecular complexity index is 698. The number of hydroxylamine groups is 2. The van der Waals surface area contributed by atoms with E-state index in [0.29, 0.717) is 6.61 Å². The molecule has 3 atom stereocenters. The van der Waals surface area contributed by atoms with Crippen LogP contribution in [0.1, 0.15) is 17.2 Å². The van der Waals surface area contributed by atoms with Gasteiger partial charge in [-0.2, -0.15) is 10.3 Å². The average molecular weight is 305 g/mol. The second-order valence-electron chi connectivity index (χ2n) is 6.15. The summed E-state index contributed by atoms with van der Waals surface area (Å²) in [6, 6.07) is 23.4. The summed E-state index contributed by atoms with van der Waals surface area (Å²) in [5.74, 6) is -0.104. The molecule has 0 unspecified atom stereocenters. The van der Waals surface area contributed by atoms with Crippen LogP contribution in [-0.4, -0.2) is 29.3 Å². The summed E-state index contributed by atoms with van der Waals surface area (Å²) in [4.78, 5) is 8.25. The molecule has 4 rings (SSSR count). The molecule has 2 fully saturated rings. The van der Waals surface area contributed by atoms with E-state index in [9.17, 15) is 5.26 Å². The zero-order chi connectivity index (χ0) is 15.6. The van der Waals surface area contributed by atoms with Crippen LogP contribution in [-0.2, 0) is 11.4 Å². The number of nitriles is 1. The minimum absolute atomic E-state index is 0.0328. The van der Waals surface area contributed by atoms with E-state index in [4.69, 9.17) is 4.84 Å². The smallest absolute Gasteiger partial charge is 0.106 e. The molecular weight excluding hydrogens is 286 g/mol. The number of hydrogen-bond donors (Lipinski definition) is 0. The van der Waals surface area contributed by atoms with Crippen LogP contribution in [0, 0.1) is 17.2 Å². The van der Waals surface area contributed by atoms with E-state index in [1.54, 1.807) is 0 Å². The molecule has 0 saturated carbocycles. The van der Waals surface area contributed by atoms with E-state index in [-0.39, 0.29) is 18.1 Å². The summed E-state index contributed by atoms with van der Waals surface area (Å²) >= 11 is 0. The second-order valence-corrected chi connectivity index (χ2v) is 6.15. The molecule has 116 valence electrons. The standard InChI is InChI=1S/C19H19N3O/c20-11-17-14-23-22-18(16-9-5-2-6-10-16)13-21(19(17)22)12-15-7-3-1-4-8-15/h1-10,17-19H,12-14H2/t17-,18+,19-/m0/s1. The van der Waals surface area contributed by atoms with Gasteiger partial charge in [-0.25, -0.2) is 0 Å². The Morgan fingerprint density at radius 1 is 1.04 bits per heavy atom. The number of nitrogens with zero attached hydrogens (tertiary/aromatic N) is 3. The molecule has 2 heterocycles. The molecule has 4 heteroatoms. The molecule has 4 nitrogen and oxygen atoms in total. The first kappa shape index (κ1) is 14.4. The molecule has 2 aliphatic heterocycles. The predicted octanol–water partition coefficient (Wildman–Crippen LogP) is 2.96. The monoisotopic (exact) mass is 305 g/mol. The second kappa shape index (κ2) is 6.13. The van der Waals surface area contributed by atoms with Crippen molar-refractivity contribution in [2.75, 3.05) is 13.2 Å². The van der Waals surface area contributed by atoms with Crippen molar-refractivity contribution < 1.29 is 4.84 Å². The first-order valence-corrected chi connectivity index (χ1v) is 8.00. The van der Waals surface area contributed by atoms with E-state index in [0.717, 1.165) is 13.1 Å². The van der Waals surface area contributed by atoms with E-state index < -0.39 is 0 Å². The summed E-state index contributed by atoms with van der Waals surface area (Å²) in [6.45, 7) is 2.20. The number of fused-ring (bicyclic) bond motifs is 1. The maximum Gasteiger partial charge on any atom is 0.106 e. The fraction of sp³-hybridized carbons (Fsp3) is 0.316. The first-order valence-electron chi connectivity index (χ1n) is 8.00. The van der Waals surface area contributed by atoms with E-state index in [1.807, 2.05) is 17.2 Å². The van der Waals surface area contributed by atoms with Gasteiger partial charge in [-0.1, -0.05) is 60.7 Å². The van der Waals surface area contributed by atoms with Crippen LogP contribution in [0.5, 0.6) is 0 Å². The largest absolute Gasteiger partial charge is 0.295 e. The third-order valence-corrected chi connectivity index (χ3v) is 4.69. The van der Waals surface area contributed by atoms with Gasteiger partial charge in [0.1, 0.15) is 12.1 Å². The Morgan fingerprint density at radius 3 is 2.43 bits per heavy atom. The first-order chi connectivity index (χ1) is 11.4. The lowest BCUT2D eigenvalue weighted by Crippen LogP contribution is -2.38. The van der Waals surface area contributed by atoms with Crippen molar-refractivity contribution in [2.45, 2.75) is 18.8 Å². The van der Waals surface area contributed by atoms with Gasteiger partial charge < -0.3 is 0 Å². The Kier molecular flexibility index (Phi) is 3.84. The zero-order valence-corrected chi connectivity index (χ0v) is 12.9. The Balaban J connectivity index is 1.62. The SMILES string of the molecule is N#C[C@H]1CON2[C@@H](c3ccccc3)CN(Cc3ccccc3)[C@H]12. The topological polar surface area (TPSA) is 39.5 Å². The van der Waals surface area contributed by atoms with Crippen LogP contribution in [0.3, 0.4) is 0 Å². The number of benzene rings is 2. The summed E-state index contributed by atoms with van der Waals surface area (Å²) in [6.07, 6.45) is 0.0328. The maximum absolute atomic E-state index is 9.47. The van der Waals surface area contributed by atoms with Gasteiger partial charge in [0.05, 0.1) is 18.7 Å². The molecule has 0 N–H and O–H groups in total. The van der Waals surface area contributed by atoms with Crippen molar-refractivity contribution in [3.8, 4) is 6.07 Å². The molecule has 0 spiro atoms. The molecule has 0 amide bonds. The molecule has 0 aromatic heterocycles. The lowest BCUT2D eigenvalue weighted by atomic mass is 10.1. The van der Waals surface area contributed by atoms with E-state index in [1.165, 1.54) is 11.1 Å². The lowest BCUT2D eigenvalue weighted by Gasteiger charge is -2.24. The quantitative estimate of drug-likeness (QED) is 0.874. The van der Waals surface area contributed by atoms with Crippen molar-refractivity contribution in [1.29, 1.82) is 5.26 Å². The predicted molar refractivity (Wildman–Crippen MR) is 86.7 cm³/mol. The van der Waals surface area contributed by atoms with Gasteiger partial charge in [-0.15, -0.1) is 0 Å². The fourth-order valence-corrected chi connectivity index (χ4v) is 3.61. The summed E-state index contributed by atoms with van der Waals surface area (Å²) in [5, 5.41) is 11.5. The van der Waals surface area contributed by atoms with Gasteiger partial charge in [0.25, 0.3) is 0 Å². The minimum Gasteiger partial charge on any atom is -0.295 e. The molecule has 0 aliphatic carbocycles. The highest BCUT2D eigenvalue weighted by Crippen LogP contribution is 2.40. The Morgan fingerprint density at radius 2 is 1.74 bits per heavy atom. The van der Waals surface area contributed by atoms with Crippen molar-refractivity contribution in [2.24, 2.45) is 5.92 Å². The van der Waals surface area contributed by atoms with Gasteiger partial charge in [0.15, 0.2) is 0 Å². The van der Waals surface area contributed by atoms with Crippen molar-refractivity contribution in [3.05, 3.63) is 71.8 Å². The normalized spacial score (nSPS) is 27.7. The molecule has 2 saturated heterocycles. The number of hydrogen-bond acceptors (Lipinski definition) is 4. The molecule has 23 heavy (non-hydrogen) atoms. The van der Waals surface area contributed by atoms with E-state index >= 15 is 0 Å². The third-order valence-electron chi connectivity index (χ3n) is 4.69. The highest BCUT2D eigenvalue weighted by molar-refractivity contribution is 5.22. The lowest BCUT2D eigenvalue weighted by molar-refractivity contribution is -0.150.